The number of ether oxygens (including phenoxy) is 1. The first-order valence-corrected chi connectivity index (χ1v) is 10.9. The van der Waals surface area contributed by atoms with Crippen molar-refractivity contribution in [3.63, 3.8) is 0 Å². The Balaban J connectivity index is 0. The van der Waals surface area contributed by atoms with Gasteiger partial charge in [-0.15, -0.1) is 0 Å². The third-order valence-corrected chi connectivity index (χ3v) is 4.78. The Morgan fingerprint density at radius 3 is 1.56 bits per heavy atom. The standard InChI is InChI=1S/C22H44O2.Rh/c1-4-6-8-10-12-14-15-17-19-21(3)24-22(23)20-18-16-13-11-9-7-5-2;/h21H,4-20H2,1-3H3;. The molecule has 2 nitrogen and oxygen atoms in total. The fraction of sp³-hybridized carbons (Fsp3) is 0.955. The zero-order chi connectivity index (χ0) is 17.9. The molecule has 0 aromatic heterocycles. The van der Waals surface area contributed by atoms with Gasteiger partial charge in [0.1, 0.15) is 0 Å². The fourth-order valence-corrected chi connectivity index (χ4v) is 3.13. The van der Waals surface area contributed by atoms with Gasteiger partial charge < -0.3 is 4.74 Å². The van der Waals surface area contributed by atoms with Crippen LogP contribution in [0, 0.1) is 0 Å². The number of rotatable bonds is 18. The van der Waals surface area contributed by atoms with Crippen LogP contribution in [-0.4, -0.2) is 12.1 Å². The average Bonchev–Trinajstić information content (AvgIpc) is 2.56. The molecule has 0 fully saturated rings. The summed E-state index contributed by atoms with van der Waals surface area (Å²) in [6.45, 7) is 6.55. The van der Waals surface area contributed by atoms with Crippen molar-refractivity contribution in [2.75, 3.05) is 0 Å². The van der Waals surface area contributed by atoms with E-state index in [1.807, 2.05) is 6.92 Å². The molecule has 0 spiro atoms. The van der Waals surface area contributed by atoms with E-state index in [0.29, 0.717) is 6.42 Å². The van der Waals surface area contributed by atoms with E-state index in [2.05, 4.69) is 13.8 Å². The molecule has 0 aliphatic rings. The number of hydrogen-bond acceptors (Lipinski definition) is 2. The van der Waals surface area contributed by atoms with E-state index in [-0.39, 0.29) is 31.6 Å². The SMILES string of the molecule is CCCCCCCCCCC(C)OC(=O)CCCCCCCCC.[Rh]. The van der Waals surface area contributed by atoms with Crippen LogP contribution in [-0.2, 0) is 29.0 Å². The van der Waals surface area contributed by atoms with Crippen molar-refractivity contribution in [3.05, 3.63) is 0 Å². The van der Waals surface area contributed by atoms with Crippen LogP contribution in [0.4, 0.5) is 0 Å². The topological polar surface area (TPSA) is 26.3 Å². The molecule has 0 saturated heterocycles. The van der Waals surface area contributed by atoms with Gasteiger partial charge in [0.25, 0.3) is 0 Å². The molecule has 0 heterocycles. The van der Waals surface area contributed by atoms with Crippen LogP contribution in [0.2, 0.25) is 0 Å². The molecule has 0 rings (SSSR count). The third-order valence-electron chi connectivity index (χ3n) is 4.78. The molecule has 0 bridgehead atoms. The molecule has 0 aromatic carbocycles. The quantitative estimate of drug-likeness (QED) is 0.124. The Morgan fingerprint density at radius 1 is 0.680 bits per heavy atom. The van der Waals surface area contributed by atoms with E-state index in [4.69, 9.17) is 4.74 Å². The molecule has 1 unspecified atom stereocenters. The monoisotopic (exact) mass is 443 g/mol. The Hall–Kier alpha value is 0.0934. The van der Waals surface area contributed by atoms with Gasteiger partial charge in [0.15, 0.2) is 0 Å². The molecule has 0 aromatic rings. The summed E-state index contributed by atoms with van der Waals surface area (Å²) >= 11 is 0. The van der Waals surface area contributed by atoms with E-state index < -0.39 is 0 Å². The van der Waals surface area contributed by atoms with Crippen LogP contribution >= 0.6 is 0 Å². The summed E-state index contributed by atoms with van der Waals surface area (Å²) in [5.41, 5.74) is 0. The number of carbonyl (C=O) groups excluding carboxylic acids is 1. The van der Waals surface area contributed by atoms with Crippen LogP contribution in [0.1, 0.15) is 130 Å². The van der Waals surface area contributed by atoms with Gasteiger partial charge in [-0.25, -0.2) is 0 Å². The minimum Gasteiger partial charge on any atom is -0.463 e. The summed E-state index contributed by atoms with van der Waals surface area (Å²) in [4.78, 5) is 11.8. The van der Waals surface area contributed by atoms with Gasteiger partial charge in [-0.3, -0.25) is 4.79 Å². The van der Waals surface area contributed by atoms with Crippen molar-refractivity contribution in [1.82, 2.24) is 0 Å². The first-order valence-electron chi connectivity index (χ1n) is 10.9. The largest absolute Gasteiger partial charge is 0.463 e. The predicted molar refractivity (Wildman–Crippen MR) is 105 cm³/mol. The number of esters is 1. The summed E-state index contributed by atoms with van der Waals surface area (Å²) < 4.78 is 5.52. The Bertz CT molecular complexity index is 269. The molecule has 0 amide bonds. The van der Waals surface area contributed by atoms with Crippen LogP contribution in [0.15, 0.2) is 0 Å². The first kappa shape index (κ1) is 27.3. The van der Waals surface area contributed by atoms with Crippen LogP contribution < -0.4 is 0 Å². The molecule has 1 atom stereocenters. The van der Waals surface area contributed by atoms with Gasteiger partial charge in [-0.05, 0) is 26.2 Å². The molecule has 3 heteroatoms. The maximum Gasteiger partial charge on any atom is 0.306 e. The predicted octanol–water partition coefficient (Wildman–Crippen LogP) is 7.59. The molecular weight excluding hydrogens is 399 g/mol. The number of hydrogen-bond donors (Lipinski definition) is 0. The van der Waals surface area contributed by atoms with Crippen molar-refractivity contribution >= 4 is 5.97 Å². The van der Waals surface area contributed by atoms with E-state index in [0.717, 1.165) is 12.8 Å². The fourth-order valence-electron chi connectivity index (χ4n) is 3.13. The number of unbranched alkanes of at least 4 members (excludes halogenated alkanes) is 13. The van der Waals surface area contributed by atoms with Crippen LogP contribution in [0.3, 0.4) is 0 Å². The smallest absolute Gasteiger partial charge is 0.306 e. The minimum absolute atomic E-state index is 0. The first-order chi connectivity index (χ1) is 11.7. The Morgan fingerprint density at radius 2 is 1.08 bits per heavy atom. The molecular formula is C22H44O2Rh. The summed E-state index contributed by atoms with van der Waals surface area (Å²) in [7, 11) is 0. The second kappa shape index (κ2) is 22.1. The van der Waals surface area contributed by atoms with Crippen molar-refractivity contribution in [1.29, 1.82) is 0 Å². The second-order valence-electron chi connectivity index (χ2n) is 7.44. The van der Waals surface area contributed by atoms with Gasteiger partial charge >= 0.3 is 5.97 Å². The van der Waals surface area contributed by atoms with E-state index in [9.17, 15) is 4.79 Å². The van der Waals surface area contributed by atoms with Gasteiger partial charge in [-0.2, -0.15) is 0 Å². The minimum atomic E-state index is 0. The normalized spacial score (nSPS) is 11.8. The van der Waals surface area contributed by atoms with E-state index >= 15 is 0 Å². The van der Waals surface area contributed by atoms with Crippen molar-refractivity contribution in [2.45, 2.75) is 136 Å². The molecule has 0 saturated carbocycles. The van der Waals surface area contributed by atoms with Crippen LogP contribution in [0.25, 0.3) is 0 Å². The van der Waals surface area contributed by atoms with Crippen molar-refractivity contribution in [3.8, 4) is 0 Å². The molecule has 0 aliphatic heterocycles. The van der Waals surface area contributed by atoms with Gasteiger partial charge in [-0.1, -0.05) is 97.3 Å². The van der Waals surface area contributed by atoms with Gasteiger partial charge in [0, 0.05) is 25.9 Å². The number of carbonyl (C=O) groups is 1. The molecule has 0 aliphatic carbocycles. The van der Waals surface area contributed by atoms with Crippen molar-refractivity contribution in [2.24, 2.45) is 0 Å². The average molecular weight is 443 g/mol. The molecule has 25 heavy (non-hydrogen) atoms. The third kappa shape index (κ3) is 22.1. The van der Waals surface area contributed by atoms with Gasteiger partial charge in [0.2, 0.25) is 0 Å². The Labute approximate surface area is 171 Å². The summed E-state index contributed by atoms with van der Waals surface area (Å²) in [5.74, 6) is 0.00984. The molecule has 1 radical (unpaired) electrons. The Kier molecular flexibility index (Phi) is 24.2. The van der Waals surface area contributed by atoms with E-state index in [1.54, 1.807) is 0 Å². The maximum atomic E-state index is 11.8. The maximum absolute atomic E-state index is 11.8. The second-order valence-corrected chi connectivity index (χ2v) is 7.44. The zero-order valence-corrected chi connectivity index (χ0v) is 18.9. The summed E-state index contributed by atoms with van der Waals surface area (Å²) in [5, 5.41) is 0. The summed E-state index contributed by atoms with van der Waals surface area (Å²) in [6.07, 6.45) is 21.1. The van der Waals surface area contributed by atoms with E-state index in [1.165, 1.54) is 89.9 Å². The molecule has 153 valence electrons. The van der Waals surface area contributed by atoms with Gasteiger partial charge in [0.05, 0.1) is 6.10 Å². The molecule has 0 N–H and O–H groups in total. The van der Waals surface area contributed by atoms with Crippen LogP contribution in [0.5, 0.6) is 0 Å². The zero-order valence-electron chi connectivity index (χ0n) is 17.2. The summed E-state index contributed by atoms with van der Waals surface area (Å²) in [6, 6.07) is 0. The van der Waals surface area contributed by atoms with Crippen molar-refractivity contribution < 1.29 is 29.0 Å².